The largest absolute Gasteiger partial charge is 0.350 e. The van der Waals surface area contributed by atoms with E-state index in [1.165, 1.54) is 0 Å². The van der Waals surface area contributed by atoms with Crippen LogP contribution >= 0.6 is 0 Å². The summed E-state index contributed by atoms with van der Waals surface area (Å²) in [7, 11) is 0. The zero-order valence-corrected chi connectivity index (χ0v) is 6.47. The molecule has 0 rings (SSSR count). The summed E-state index contributed by atoms with van der Waals surface area (Å²) in [6, 6.07) is 0. The van der Waals surface area contributed by atoms with E-state index in [9.17, 15) is 9.70 Å². The van der Waals surface area contributed by atoms with Gasteiger partial charge in [-0.3, -0.25) is 4.79 Å². The first kappa shape index (κ1) is 9.07. The number of carbonyl (C=O) groups is 1. The van der Waals surface area contributed by atoms with Crippen LogP contribution in [-0.2, 0) is 4.79 Å². The van der Waals surface area contributed by atoms with Crippen molar-refractivity contribution in [1.29, 1.82) is 0 Å². The standard InChI is InChI=1S/C6H12N2O2/c1-6(2,3)8-5(9)4-7-10/h4H2,1-3H3,(H,8,9). The highest BCUT2D eigenvalue weighted by Crippen LogP contribution is 1.97. The molecule has 0 aliphatic rings. The Morgan fingerprint density at radius 2 is 2.00 bits per heavy atom. The number of nitrogens with zero attached hydrogens (tertiary/aromatic N) is 1. The smallest absolute Gasteiger partial charge is 0.245 e. The molecule has 1 amide bonds. The van der Waals surface area contributed by atoms with Crippen molar-refractivity contribution in [3.05, 3.63) is 4.91 Å². The van der Waals surface area contributed by atoms with E-state index in [4.69, 9.17) is 0 Å². The van der Waals surface area contributed by atoms with Crippen LogP contribution in [0.3, 0.4) is 0 Å². The lowest BCUT2D eigenvalue weighted by molar-refractivity contribution is -0.121. The molecule has 10 heavy (non-hydrogen) atoms. The van der Waals surface area contributed by atoms with E-state index in [-0.39, 0.29) is 18.0 Å². The molecule has 0 saturated carbocycles. The summed E-state index contributed by atoms with van der Waals surface area (Å²) in [6.07, 6.45) is 0. The topological polar surface area (TPSA) is 58.5 Å². The first-order valence-corrected chi connectivity index (χ1v) is 3.06. The van der Waals surface area contributed by atoms with Crippen LogP contribution in [0.1, 0.15) is 20.8 Å². The van der Waals surface area contributed by atoms with Gasteiger partial charge in [-0.2, -0.15) is 4.91 Å². The molecular weight excluding hydrogens is 132 g/mol. The van der Waals surface area contributed by atoms with E-state index in [1.807, 2.05) is 20.8 Å². The van der Waals surface area contributed by atoms with Crippen molar-refractivity contribution in [3.63, 3.8) is 0 Å². The van der Waals surface area contributed by atoms with Gasteiger partial charge in [0, 0.05) is 5.54 Å². The van der Waals surface area contributed by atoms with Crippen LogP contribution in [0, 0.1) is 4.91 Å². The lowest BCUT2D eigenvalue weighted by atomic mass is 10.1. The second-order valence-electron chi connectivity index (χ2n) is 3.09. The van der Waals surface area contributed by atoms with Gasteiger partial charge in [-0.25, -0.2) is 0 Å². The SMILES string of the molecule is CC(C)(C)NC(=O)CN=O. The van der Waals surface area contributed by atoms with Crippen molar-refractivity contribution in [2.45, 2.75) is 26.3 Å². The minimum Gasteiger partial charge on any atom is -0.350 e. The fraction of sp³-hybridized carbons (Fsp3) is 0.833. The Morgan fingerprint density at radius 1 is 1.50 bits per heavy atom. The Morgan fingerprint density at radius 3 is 2.30 bits per heavy atom. The molecule has 0 spiro atoms. The maximum atomic E-state index is 10.7. The van der Waals surface area contributed by atoms with Gasteiger partial charge in [-0.1, -0.05) is 5.18 Å². The van der Waals surface area contributed by atoms with Crippen LogP contribution in [0.4, 0.5) is 0 Å². The lowest BCUT2D eigenvalue weighted by Gasteiger charge is -2.19. The average Bonchev–Trinajstić information content (AvgIpc) is 1.59. The molecule has 0 heterocycles. The van der Waals surface area contributed by atoms with Gasteiger partial charge < -0.3 is 5.32 Å². The minimum absolute atomic E-state index is 0.276. The van der Waals surface area contributed by atoms with E-state index >= 15 is 0 Å². The second-order valence-corrected chi connectivity index (χ2v) is 3.09. The van der Waals surface area contributed by atoms with Crippen LogP contribution in [-0.4, -0.2) is 18.0 Å². The van der Waals surface area contributed by atoms with E-state index < -0.39 is 0 Å². The first-order valence-electron chi connectivity index (χ1n) is 3.06. The van der Waals surface area contributed by atoms with Crippen LogP contribution in [0.2, 0.25) is 0 Å². The Kier molecular flexibility index (Phi) is 2.99. The summed E-state index contributed by atoms with van der Waals surface area (Å²) < 4.78 is 0. The number of hydrogen-bond donors (Lipinski definition) is 1. The third kappa shape index (κ3) is 5.21. The summed E-state index contributed by atoms with van der Waals surface area (Å²) in [4.78, 5) is 20.2. The molecule has 4 nitrogen and oxygen atoms in total. The summed E-state index contributed by atoms with van der Waals surface area (Å²) in [5.41, 5.74) is -0.276. The van der Waals surface area contributed by atoms with Crippen molar-refractivity contribution in [2.75, 3.05) is 6.54 Å². The highest BCUT2D eigenvalue weighted by molar-refractivity contribution is 5.78. The molecule has 0 aliphatic heterocycles. The Bertz CT molecular complexity index is 137. The Labute approximate surface area is 60.0 Å². The first-order chi connectivity index (χ1) is 4.45. The van der Waals surface area contributed by atoms with E-state index in [1.54, 1.807) is 0 Å². The van der Waals surface area contributed by atoms with Gasteiger partial charge >= 0.3 is 0 Å². The predicted octanol–water partition coefficient (Wildman–Crippen LogP) is 0.667. The van der Waals surface area contributed by atoms with Gasteiger partial charge in [0.2, 0.25) is 5.91 Å². The quantitative estimate of drug-likeness (QED) is 0.579. The molecule has 0 aromatic heterocycles. The van der Waals surface area contributed by atoms with Crippen LogP contribution < -0.4 is 5.32 Å². The molecule has 0 aliphatic carbocycles. The number of carbonyl (C=O) groups excluding carboxylic acids is 1. The normalized spacial score (nSPS) is 10.7. The fourth-order valence-electron chi connectivity index (χ4n) is 0.516. The Hall–Kier alpha value is -0.930. The number of rotatable bonds is 2. The summed E-state index contributed by atoms with van der Waals surface area (Å²) in [5.74, 6) is -0.331. The minimum atomic E-state index is -0.331. The number of nitrogens with one attached hydrogen (secondary N) is 1. The molecule has 0 atom stereocenters. The third-order valence-corrected chi connectivity index (χ3v) is 0.723. The van der Waals surface area contributed by atoms with E-state index in [0.29, 0.717) is 0 Å². The van der Waals surface area contributed by atoms with Gasteiger partial charge in [-0.15, -0.1) is 0 Å². The lowest BCUT2D eigenvalue weighted by Crippen LogP contribution is -2.41. The highest BCUT2D eigenvalue weighted by atomic mass is 16.3. The van der Waals surface area contributed by atoms with Crippen molar-refractivity contribution in [2.24, 2.45) is 5.18 Å². The number of nitroso groups, excluding NO2 is 1. The third-order valence-electron chi connectivity index (χ3n) is 0.723. The molecule has 0 bridgehead atoms. The molecule has 58 valence electrons. The maximum absolute atomic E-state index is 10.7. The van der Waals surface area contributed by atoms with Gasteiger partial charge in [0.05, 0.1) is 0 Å². The van der Waals surface area contributed by atoms with Crippen LogP contribution in [0.15, 0.2) is 5.18 Å². The van der Waals surface area contributed by atoms with Crippen molar-refractivity contribution >= 4 is 5.91 Å². The van der Waals surface area contributed by atoms with Crippen LogP contribution in [0.5, 0.6) is 0 Å². The summed E-state index contributed by atoms with van der Waals surface area (Å²) in [5, 5.41) is 5.05. The van der Waals surface area contributed by atoms with Gasteiger partial charge in [0.25, 0.3) is 0 Å². The molecule has 0 unspecified atom stereocenters. The molecule has 0 aromatic carbocycles. The number of amides is 1. The second kappa shape index (κ2) is 3.29. The summed E-state index contributed by atoms with van der Waals surface area (Å²) >= 11 is 0. The van der Waals surface area contributed by atoms with Crippen molar-refractivity contribution in [3.8, 4) is 0 Å². The van der Waals surface area contributed by atoms with Crippen LogP contribution in [0.25, 0.3) is 0 Å². The van der Waals surface area contributed by atoms with Crippen molar-refractivity contribution in [1.82, 2.24) is 5.32 Å². The molecular formula is C6H12N2O2. The van der Waals surface area contributed by atoms with Gasteiger partial charge in [0.15, 0.2) is 6.54 Å². The van der Waals surface area contributed by atoms with Gasteiger partial charge in [-0.05, 0) is 20.8 Å². The molecule has 1 N–H and O–H groups in total. The Balaban J connectivity index is 3.68. The van der Waals surface area contributed by atoms with Gasteiger partial charge in [0.1, 0.15) is 0 Å². The highest BCUT2D eigenvalue weighted by Gasteiger charge is 2.12. The molecule has 0 saturated heterocycles. The molecule has 0 aromatic rings. The zero-order valence-electron chi connectivity index (χ0n) is 6.47. The van der Waals surface area contributed by atoms with Crippen molar-refractivity contribution < 1.29 is 4.79 Å². The zero-order chi connectivity index (χ0) is 8.20. The molecule has 0 fully saturated rings. The predicted molar refractivity (Wildman–Crippen MR) is 38.6 cm³/mol. The fourth-order valence-corrected chi connectivity index (χ4v) is 0.516. The number of hydrogen-bond acceptors (Lipinski definition) is 3. The molecule has 4 heteroatoms. The average molecular weight is 144 g/mol. The van der Waals surface area contributed by atoms with E-state index in [2.05, 4.69) is 10.5 Å². The van der Waals surface area contributed by atoms with E-state index in [0.717, 1.165) is 0 Å². The monoisotopic (exact) mass is 144 g/mol. The summed E-state index contributed by atoms with van der Waals surface area (Å²) in [6.45, 7) is 5.23. The maximum Gasteiger partial charge on any atom is 0.245 e. The molecule has 0 radical (unpaired) electrons.